The van der Waals surface area contributed by atoms with Gasteiger partial charge < -0.3 is 9.40 Å². The predicted octanol–water partition coefficient (Wildman–Crippen LogP) is 4.87. The van der Waals surface area contributed by atoms with E-state index in [0.717, 1.165) is 22.0 Å². The minimum Gasteiger partial charge on any atom is -0.455 e. The van der Waals surface area contributed by atoms with Crippen LogP contribution in [0, 0.1) is 0 Å². The number of halogens is 1. The summed E-state index contributed by atoms with van der Waals surface area (Å²) in [6, 6.07) is 19.0. The van der Waals surface area contributed by atoms with Crippen LogP contribution >= 0.6 is 11.6 Å². The summed E-state index contributed by atoms with van der Waals surface area (Å²) in [7, 11) is 0. The van der Waals surface area contributed by atoms with Gasteiger partial charge in [0.2, 0.25) is 0 Å². The van der Waals surface area contributed by atoms with E-state index in [1.165, 1.54) is 0 Å². The van der Waals surface area contributed by atoms with E-state index in [1.807, 2.05) is 60.7 Å². The molecule has 0 saturated carbocycles. The van der Waals surface area contributed by atoms with Gasteiger partial charge in [-0.25, -0.2) is 5.43 Å². The fraction of sp³-hybridized carbons (Fsp3) is 0. The smallest absolute Gasteiger partial charge is 0.265 e. The Hall–Kier alpha value is -3.71. The number of aromatic nitrogens is 4. The number of furan rings is 1. The summed E-state index contributed by atoms with van der Waals surface area (Å²) in [5.41, 5.74) is 5.93. The number of fused-ring (bicyclic) bond motifs is 3. The standard InChI is InChI=1S/C20H13ClN6O/c21-15-7-3-1-5-13(15)17-10-9-12(28-17)11-22-26-20-24-19-18(25-27-20)14-6-2-4-8-16(14)23-19/h1-11H,(H2,23,24,26,27)/b22-11+. The Morgan fingerprint density at radius 1 is 1.00 bits per heavy atom. The van der Waals surface area contributed by atoms with Crippen molar-refractivity contribution < 1.29 is 4.42 Å². The zero-order valence-corrected chi connectivity index (χ0v) is 15.2. The predicted molar refractivity (Wildman–Crippen MR) is 110 cm³/mol. The number of para-hydroxylation sites is 1. The molecule has 0 aliphatic heterocycles. The number of rotatable bonds is 4. The number of H-pyrrole nitrogens is 1. The van der Waals surface area contributed by atoms with Gasteiger partial charge in [0, 0.05) is 16.5 Å². The van der Waals surface area contributed by atoms with E-state index in [2.05, 4.69) is 30.7 Å². The highest BCUT2D eigenvalue weighted by Gasteiger charge is 2.09. The highest BCUT2D eigenvalue weighted by Crippen LogP contribution is 2.28. The Labute approximate surface area is 164 Å². The van der Waals surface area contributed by atoms with Gasteiger partial charge in [-0.2, -0.15) is 10.1 Å². The van der Waals surface area contributed by atoms with Gasteiger partial charge in [0.25, 0.3) is 5.95 Å². The molecule has 0 aliphatic rings. The van der Waals surface area contributed by atoms with Crippen molar-refractivity contribution in [2.45, 2.75) is 0 Å². The number of hydrogen-bond acceptors (Lipinski definition) is 6. The fourth-order valence-corrected chi connectivity index (χ4v) is 3.18. The molecular formula is C20H13ClN6O. The molecule has 0 radical (unpaired) electrons. The lowest BCUT2D eigenvalue weighted by Gasteiger charge is -1.99. The first-order valence-corrected chi connectivity index (χ1v) is 8.91. The van der Waals surface area contributed by atoms with Gasteiger partial charge in [-0.05, 0) is 30.3 Å². The molecule has 0 saturated heterocycles. The van der Waals surface area contributed by atoms with Gasteiger partial charge in [0.15, 0.2) is 5.65 Å². The summed E-state index contributed by atoms with van der Waals surface area (Å²) in [5.74, 6) is 1.53. The lowest BCUT2D eigenvalue weighted by Crippen LogP contribution is -1.98. The number of nitrogens with one attached hydrogen (secondary N) is 2. The number of nitrogens with zero attached hydrogens (tertiary/aromatic N) is 4. The molecule has 3 aromatic heterocycles. The molecule has 7 nitrogen and oxygen atoms in total. The Bertz CT molecular complexity index is 1320. The molecule has 2 aromatic carbocycles. The quantitative estimate of drug-likeness (QED) is 0.338. The van der Waals surface area contributed by atoms with Crippen molar-refractivity contribution in [2.24, 2.45) is 5.10 Å². The van der Waals surface area contributed by atoms with Crippen LogP contribution < -0.4 is 5.43 Å². The van der Waals surface area contributed by atoms with Crippen molar-refractivity contribution in [3.8, 4) is 11.3 Å². The second-order valence-electron chi connectivity index (χ2n) is 6.06. The Morgan fingerprint density at radius 3 is 2.79 bits per heavy atom. The number of hydrogen-bond donors (Lipinski definition) is 2. The van der Waals surface area contributed by atoms with Crippen molar-refractivity contribution in [1.82, 2.24) is 20.2 Å². The maximum atomic E-state index is 6.20. The van der Waals surface area contributed by atoms with Crippen LogP contribution in [0.1, 0.15) is 5.76 Å². The van der Waals surface area contributed by atoms with Gasteiger partial charge in [-0.3, -0.25) is 0 Å². The van der Waals surface area contributed by atoms with Crippen LogP contribution in [-0.2, 0) is 0 Å². The molecule has 0 spiro atoms. The van der Waals surface area contributed by atoms with Crippen LogP contribution in [0.15, 0.2) is 70.2 Å². The summed E-state index contributed by atoms with van der Waals surface area (Å²) in [5, 5.41) is 14.0. The third-order valence-electron chi connectivity index (χ3n) is 4.24. The van der Waals surface area contributed by atoms with E-state index in [-0.39, 0.29) is 5.95 Å². The zero-order valence-electron chi connectivity index (χ0n) is 14.4. The Balaban J connectivity index is 1.35. The molecule has 0 amide bonds. The molecule has 2 N–H and O–H groups in total. The van der Waals surface area contributed by atoms with E-state index in [1.54, 1.807) is 6.21 Å². The van der Waals surface area contributed by atoms with Crippen molar-refractivity contribution >= 4 is 45.8 Å². The molecule has 0 fully saturated rings. The summed E-state index contributed by atoms with van der Waals surface area (Å²) in [4.78, 5) is 7.62. The molecule has 5 rings (SSSR count). The molecule has 0 atom stereocenters. The molecule has 0 aliphatic carbocycles. The second kappa shape index (κ2) is 6.79. The number of benzene rings is 2. The lowest BCUT2D eigenvalue weighted by atomic mass is 10.2. The molecule has 136 valence electrons. The van der Waals surface area contributed by atoms with Gasteiger partial charge in [-0.15, -0.1) is 10.2 Å². The molecule has 28 heavy (non-hydrogen) atoms. The van der Waals surface area contributed by atoms with Gasteiger partial charge in [-0.1, -0.05) is 41.9 Å². The van der Waals surface area contributed by atoms with Crippen molar-refractivity contribution in [3.05, 3.63) is 71.4 Å². The van der Waals surface area contributed by atoms with Crippen LogP contribution in [-0.4, -0.2) is 26.4 Å². The third kappa shape index (κ3) is 2.97. The molecule has 8 heteroatoms. The van der Waals surface area contributed by atoms with E-state index in [9.17, 15) is 0 Å². The molecule has 0 bridgehead atoms. The maximum Gasteiger partial charge on any atom is 0.265 e. The zero-order chi connectivity index (χ0) is 18.9. The highest BCUT2D eigenvalue weighted by molar-refractivity contribution is 6.33. The monoisotopic (exact) mass is 388 g/mol. The largest absolute Gasteiger partial charge is 0.455 e. The maximum absolute atomic E-state index is 6.20. The van der Waals surface area contributed by atoms with Crippen molar-refractivity contribution in [1.29, 1.82) is 0 Å². The minimum atomic E-state index is 0.285. The first kappa shape index (κ1) is 16.5. The van der Waals surface area contributed by atoms with Gasteiger partial charge in [0.05, 0.1) is 11.2 Å². The second-order valence-corrected chi connectivity index (χ2v) is 6.46. The van der Waals surface area contributed by atoms with Crippen LogP contribution in [0.3, 0.4) is 0 Å². The lowest BCUT2D eigenvalue weighted by molar-refractivity contribution is 0.575. The van der Waals surface area contributed by atoms with Crippen LogP contribution in [0.25, 0.3) is 33.4 Å². The van der Waals surface area contributed by atoms with Crippen LogP contribution in [0.4, 0.5) is 5.95 Å². The Kier molecular flexibility index (Phi) is 3.99. The van der Waals surface area contributed by atoms with Crippen molar-refractivity contribution in [2.75, 3.05) is 5.43 Å². The summed E-state index contributed by atoms with van der Waals surface area (Å²) < 4.78 is 5.76. The van der Waals surface area contributed by atoms with Gasteiger partial charge >= 0.3 is 0 Å². The third-order valence-corrected chi connectivity index (χ3v) is 4.57. The summed E-state index contributed by atoms with van der Waals surface area (Å²) in [6.45, 7) is 0. The summed E-state index contributed by atoms with van der Waals surface area (Å²) in [6.07, 6.45) is 1.54. The number of anilines is 1. The first-order valence-electron chi connectivity index (χ1n) is 8.53. The van der Waals surface area contributed by atoms with E-state index in [0.29, 0.717) is 22.2 Å². The molecule has 3 heterocycles. The number of hydrazone groups is 1. The normalized spacial score (nSPS) is 11.6. The van der Waals surface area contributed by atoms with Crippen molar-refractivity contribution in [3.63, 3.8) is 0 Å². The van der Waals surface area contributed by atoms with Crippen LogP contribution in [0.5, 0.6) is 0 Å². The fourth-order valence-electron chi connectivity index (χ4n) is 2.95. The van der Waals surface area contributed by atoms with E-state index >= 15 is 0 Å². The van der Waals surface area contributed by atoms with E-state index < -0.39 is 0 Å². The van der Waals surface area contributed by atoms with Gasteiger partial charge in [0.1, 0.15) is 17.0 Å². The number of aromatic amines is 1. The molecule has 5 aromatic rings. The van der Waals surface area contributed by atoms with Crippen LogP contribution in [0.2, 0.25) is 5.02 Å². The topological polar surface area (TPSA) is 92.0 Å². The highest BCUT2D eigenvalue weighted by atomic mass is 35.5. The SMILES string of the molecule is Clc1ccccc1-c1ccc(/C=N/Nc2nnc3c(n2)[nH]c2ccccc23)o1. The average Bonchev–Trinajstić information content (AvgIpc) is 3.32. The first-order chi connectivity index (χ1) is 13.8. The molecular weight excluding hydrogens is 376 g/mol. The van der Waals surface area contributed by atoms with E-state index in [4.69, 9.17) is 16.0 Å². The summed E-state index contributed by atoms with van der Waals surface area (Å²) >= 11 is 6.20. The average molecular weight is 389 g/mol. The minimum absolute atomic E-state index is 0.285. The molecule has 0 unspecified atom stereocenters. The Morgan fingerprint density at radius 2 is 1.86 bits per heavy atom.